The fraction of sp³-hybridized carbons (Fsp3) is 0.355. The van der Waals surface area contributed by atoms with E-state index in [9.17, 15) is 9.59 Å². The summed E-state index contributed by atoms with van der Waals surface area (Å²) in [6, 6.07) is 30.3. The maximum atomic E-state index is 13.2. The van der Waals surface area contributed by atoms with Crippen molar-refractivity contribution in [3.8, 4) is 0 Å². The maximum absolute atomic E-state index is 13.2. The molecule has 37 heavy (non-hydrogen) atoms. The molecule has 0 aromatic heterocycles. The summed E-state index contributed by atoms with van der Waals surface area (Å²) in [6.07, 6.45) is 0.799. The average Bonchev–Trinajstić information content (AvgIpc) is 2.96. The van der Waals surface area contributed by atoms with Crippen LogP contribution >= 0.6 is 0 Å². The lowest BCUT2D eigenvalue weighted by Crippen LogP contribution is -2.57. The Morgan fingerprint density at radius 1 is 0.784 bits per heavy atom. The Morgan fingerprint density at radius 2 is 1.30 bits per heavy atom. The van der Waals surface area contributed by atoms with Gasteiger partial charge < -0.3 is 15.5 Å². The summed E-state index contributed by atoms with van der Waals surface area (Å²) in [4.78, 5) is 30.6. The number of piperazine rings is 1. The molecule has 1 aliphatic rings. The van der Waals surface area contributed by atoms with Gasteiger partial charge in [-0.05, 0) is 22.6 Å². The lowest BCUT2D eigenvalue weighted by atomic mass is 9.96. The van der Waals surface area contributed by atoms with Crippen LogP contribution in [0.3, 0.4) is 0 Å². The van der Waals surface area contributed by atoms with Crippen LogP contribution in [-0.4, -0.2) is 54.0 Å². The summed E-state index contributed by atoms with van der Waals surface area (Å²) in [7, 11) is 0. The van der Waals surface area contributed by atoms with Crippen molar-refractivity contribution in [1.82, 2.24) is 20.4 Å². The highest BCUT2D eigenvalue weighted by Crippen LogP contribution is 2.29. The standard InChI is InChI=1S/C31H38N4O2/c1-3-24(2)28(30(36)32-23-25-13-7-4-8-14-25)33-31(37)35-21-19-34(20-22-35)29(26-15-9-5-10-16-26)27-17-11-6-12-18-27/h4-18,24,28-29H,3,19-23H2,1-2H3,(H,32,36)(H,33,37)/t24-,28+/m1/s1. The van der Waals surface area contributed by atoms with Gasteiger partial charge in [0.05, 0.1) is 6.04 Å². The molecule has 1 heterocycles. The molecular formula is C31H38N4O2. The van der Waals surface area contributed by atoms with Gasteiger partial charge in [0.2, 0.25) is 5.91 Å². The second-order valence-corrected chi connectivity index (χ2v) is 9.76. The van der Waals surface area contributed by atoms with Crippen molar-refractivity contribution in [2.24, 2.45) is 5.92 Å². The number of hydrogen-bond donors (Lipinski definition) is 2. The Morgan fingerprint density at radius 3 is 1.81 bits per heavy atom. The van der Waals surface area contributed by atoms with Gasteiger partial charge in [-0.25, -0.2) is 4.79 Å². The number of carbonyl (C=O) groups is 2. The first kappa shape index (κ1) is 26.4. The molecule has 0 saturated carbocycles. The van der Waals surface area contributed by atoms with Gasteiger partial charge in [-0.2, -0.15) is 0 Å². The molecule has 3 amide bonds. The van der Waals surface area contributed by atoms with Crippen LogP contribution in [-0.2, 0) is 11.3 Å². The van der Waals surface area contributed by atoms with Crippen molar-refractivity contribution in [2.45, 2.75) is 38.9 Å². The predicted molar refractivity (Wildman–Crippen MR) is 148 cm³/mol. The van der Waals surface area contributed by atoms with E-state index in [1.54, 1.807) is 0 Å². The summed E-state index contributed by atoms with van der Waals surface area (Å²) in [6.45, 7) is 7.24. The molecule has 0 unspecified atom stereocenters. The zero-order valence-electron chi connectivity index (χ0n) is 21.8. The molecule has 0 radical (unpaired) electrons. The first-order valence-electron chi connectivity index (χ1n) is 13.3. The van der Waals surface area contributed by atoms with E-state index in [0.717, 1.165) is 25.1 Å². The van der Waals surface area contributed by atoms with Gasteiger partial charge in [0.1, 0.15) is 6.04 Å². The largest absolute Gasteiger partial charge is 0.350 e. The molecule has 0 bridgehead atoms. The molecule has 1 saturated heterocycles. The second-order valence-electron chi connectivity index (χ2n) is 9.76. The number of rotatable bonds is 9. The van der Waals surface area contributed by atoms with Crippen LogP contribution in [0.4, 0.5) is 4.79 Å². The van der Waals surface area contributed by atoms with Gasteiger partial charge in [0.15, 0.2) is 0 Å². The molecular weight excluding hydrogens is 460 g/mol. The van der Waals surface area contributed by atoms with Crippen LogP contribution in [0.2, 0.25) is 0 Å². The first-order valence-corrected chi connectivity index (χ1v) is 13.3. The highest BCUT2D eigenvalue weighted by atomic mass is 16.2. The van der Waals surface area contributed by atoms with Crippen molar-refractivity contribution in [1.29, 1.82) is 0 Å². The third kappa shape index (κ3) is 6.98. The van der Waals surface area contributed by atoms with E-state index in [0.29, 0.717) is 19.6 Å². The van der Waals surface area contributed by atoms with Crippen molar-refractivity contribution in [3.63, 3.8) is 0 Å². The highest BCUT2D eigenvalue weighted by molar-refractivity contribution is 5.87. The van der Waals surface area contributed by atoms with E-state index in [4.69, 9.17) is 0 Å². The molecule has 3 aromatic carbocycles. The quantitative estimate of drug-likeness (QED) is 0.444. The molecule has 6 nitrogen and oxygen atoms in total. The predicted octanol–water partition coefficient (Wildman–Crippen LogP) is 4.83. The molecule has 6 heteroatoms. The molecule has 2 atom stereocenters. The van der Waals surface area contributed by atoms with Crippen molar-refractivity contribution in [2.75, 3.05) is 26.2 Å². The Balaban J connectivity index is 1.38. The fourth-order valence-corrected chi connectivity index (χ4v) is 4.89. The molecule has 4 rings (SSSR count). The first-order chi connectivity index (χ1) is 18.1. The zero-order chi connectivity index (χ0) is 26.0. The van der Waals surface area contributed by atoms with E-state index in [2.05, 4.69) is 64.1 Å². The fourth-order valence-electron chi connectivity index (χ4n) is 4.89. The minimum Gasteiger partial charge on any atom is -0.350 e. The number of urea groups is 1. The van der Waals surface area contributed by atoms with Crippen LogP contribution in [0.5, 0.6) is 0 Å². The van der Waals surface area contributed by atoms with Gasteiger partial charge in [-0.15, -0.1) is 0 Å². The summed E-state index contributed by atoms with van der Waals surface area (Å²) >= 11 is 0. The molecule has 194 valence electrons. The third-order valence-electron chi connectivity index (χ3n) is 7.28. The number of nitrogens with one attached hydrogen (secondary N) is 2. The Hall–Kier alpha value is -3.64. The smallest absolute Gasteiger partial charge is 0.318 e. The van der Waals surface area contributed by atoms with E-state index in [-0.39, 0.29) is 23.9 Å². The number of carbonyl (C=O) groups excluding carboxylic acids is 2. The number of hydrogen-bond acceptors (Lipinski definition) is 3. The zero-order valence-corrected chi connectivity index (χ0v) is 21.8. The van der Waals surface area contributed by atoms with E-state index in [1.807, 2.05) is 61.2 Å². The SMILES string of the molecule is CC[C@@H](C)[C@H](NC(=O)N1CCN(C(c2ccccc2)c2ccccc2)CC1)C(=O)NCc1ccccc1. The van der Waals surface area contributed by atoms with Gasteiger partial charge >= 0.3 is 6.03 Å². The molecule has 1 aliphatic heterocycles. The van der Waals surface area contributed by atoms with E-state index >= 15 is 0 Å². The third-order valence-corrected chi connectivity index (χ3v) is 7.28. The van der Waals surface area contributed by atoms with E-state index < -0.39 is 6.04 Å². The molecule has 2 N–H and O–H groups in total. The number of nitrogens with zero attached hydrogens (tertiary/aromatic N) is 2. The topological polar surface area (TPSA) is 64.7 Å². The highest BCUT2D eigenvalue weighted by Gasteiger charge is 2.31. The number of amides is 3. The number of benzene rings is 3. The normalized spacial score (nSPS) is 15.7. The Labute approximate surface area is 220 Å². The minimum atomic E-state index is -0.569. The summed E-state index contributed by atoms with van der Waals surface area (Å²) < 4.78 is 0. The van der Waals surface area contributed by atoms with Gasteiger partial charge in [0.25, 0.3) is 0 Å². The Kier molecular flexibility index (Phi) is 9.33. The second kappa shape index (κ2) is 13.1. The molecule has 0 aliphatic carbocycles. The minimum absolute atomic E-state index is 0.0292. The van der Waals surface area contributed by atoms with Gasteiger partial charge in [-0.1, -0.05) is 111 Å². The molecule has 3 aromatic rings. The molecule has 1 fully saturated rings. The van der Waals surface area contributed by atoms with Crippen molar-refractivity contribution >= 4 is 11.9 Å². The summed E-state index contributed by atoms with van der Waals surface area (Å²) in [5, 5.41) is 6.04. The molecule has 0 spiro atoms. The lowest BCUT2D eigenvalue weighted by Gasteiger charge is -2.40. The maximum Gasteiger partial charge on any atom is 0.318 e. The van der Waals surface area contributed by atoms with Crippen LogP contribution < -0.4 is 10.6 Å². The van der Waals surface area contributed by atoms with E-state index in [1.165, 1.54) is 11.1 Å². The van der Waals surface area contributed by atoms with Gasteiger partial charge in [0, 0.05) is 32.7 Å². The van der Waals surface area contributed by atoms with Crippen LogP contribution in [0.15, 0.2) is 91.0 Å². The summed E-state index contributed by atoms with van der Waals surface area (Å²) in [5.41, 5.74) is 3.53. The van der Waals surface area contributed by atoms with Gasteiger partial charge in [-0.3, -0.25) is 9.69 Å². The average molecular weight is 499 g/mol. The van der Waals surface area contributed by atoms with Crippen molar-refractivity contribution in [3.05, 3.63) is 108 Å². The van der Waals surface area contributed by atoms with Crippen molar-refractivity contribution < 1.29 is 9.59 Å². The lowest BCUT2D eigenvalue weighted by molar-refractivity contribution is -0.124. The summed E-state index contributed by atoms with van der Waals surface area (Å²) in [5.74, 6) is -0.111. The van der Waals surface area contributed by atoms with Crippen LogP contribution in [0.25, 0.3) is 0 Å². The monoisotopic (exact) mass is 498 g/mol. The van der Waals surface area contributed by atoms with Crippen LogP contribution in [0, 0.1) is 5.92 Å². The van der Waals surface area contributed by atoms with Crippen LogP contribution in [0.1, 0.15) is 43.0 Å². The Bertz CT molecular complexity index is 1080.